The lowest BCUT2D eigenvalue weighted by atomic mass is 10.0. The monoisotopic (exact) mass is 306 g/mol. The van der Waals surface area contributed by atoms with Crippen LogP contribution >= 0.6 is 34.8 Å². The summed E-state index contributed by atoms with van der Waals surface area (Å²) in [6.07, 6.45) is 4.52. The van der Waals surface area contributed by atoms with Crippen LogP contribution in [0.15, 0.2) is 6.20 Å². The SMILES string of the molecule is C[C@@H]1CCCCN1C(=O)c1ncc(Cl)c(Cl)c1Cl. The van der Waals surface area contributed by atoms with Gasteiger partial charge in [0.2, 0.25) is 0 Å². The lowest BCUT2D eigenvalue weighted by Gasteiger charge is -2.33. The first-order chi connectivity index (χ1) is 8.52. The zero-order valence-corrected chi connectivity index (χ0v) is 12.2. The summed E-state index contributed by atoms with van der Waals surface area (Å²) in [5, 5.41) is 0.568. The molecule has 1 amide bonds. The van der Waals surface area contributed by atoms with Crippen molar-refractivity contribution >= 4 is 40.7 Å². The van der Waals surface area contributed by atoms with Crippen LogP contribution in [0.25, 0.3) is 0 Å². The number of nitrogens with zero attached hydrogens (tertiary/aromatic N) is 2. The number of piperidine rings is 1. The molecule has 6 heteroatoms. The van der Waals surface area contributed by atoms with Crippen LogP contribution < -0.4 is 0 Å². The number of likely N-dealkylation sites (tertiary alicyclic amines) is 1. The first-order valence-corrected chi connectivity index (χ1v) is 6.96. The molecule has 18 heavy (non-hydrogen) atoms. The highest BCUT2D eigenvalue weighted by Crippen LogP contribution is 2.32. The molecule has 0 unspecified atom stereocenters. The smallest absolute Gasteiger partial charge is 0.274 e. The second kappa shape index (κ2) is 5.64. The van der Waals surface area contributed by atoms with Gasteiger partial charge in [0.1, 0.15) is 5.69 Å². The van der Waals surface area contributed by atoms with Crippen molar-refractivity contribution in [2.45, 2.75) is 32.2 Å². The minimum absolute atomic E-state index is 0.131. The van der Waals surface area contributed by atoms with E-state index in [1.54, 1.807) is 4.90 Å². The van der Waals surface area contributed by atoms with Crippen molar-refractivity contribution in [1.82, 2.24) is 9.88 Å². The number of hydrogen-bond donors (Lipinski definition) is 0. The molecule has 0 saturated carbocycles. The van der Waals surface area contributed by atoms with Crippen molar-refractivity contribution < 1.29 is 4.79 Å². The number of carbonyl (C=O) groups is 1. The van der Waals surface area contributed by atoms with Crippen molar-refractivity contribution in [2.75, 3.05) is 6.54 Å². The van der Waals surface area contributed by atoms with Crippen molar-refractivity contribution in [1.29, 1.82) is 0 Å². The fourth-order valence-electron chi connectivity index (χ4n) is 2.13. The molecule has 0 aliphatic carbocycles. The number of halogens is 3. The molecule has 1 aromatic heterocycles. The molecule has 1 aliphatic rings. The van der Waals surface area contributed by atoms with Gasteiger partial charge in [-0.2, -0.15) is 0 Å². The van der Waals surface area contributed by atoms with E-state index in [4.69, 9.17) is 34.8 Å². The first-order valence-electron chi connectivity index (χ1n) is 5.83. The average molecular weight is 308 g/mol. The predicted octanol–water partition coefficient (Wildman–Crippen LogP) is 4.06. The van der Waals surface area contributed by atoms with E-state index >= 15 is 0 Å². The van der Waals surface area contributed by atoms with E-state index in [0.717, 1.165) is 25.8 Å². The second-order valence-corrected chi connectivity index (χ2v) is 5.59. The molecule has 0 spiro atoms. The largest absolute Gasteiger partial charge is 0.335 e. The molecular weight excluding hydrogens is 295 g/mol. The highest BCUT2D eigenvalue weighted by molar-refractivity contribution is 6.48. The molecule has 0 bridgehead atoms. The topological polar surface area (TPSA) is 33.2 Å². The van der Waals surface area contributed by atoms with E-state index in [1.165, 1.54) is 6.20 Å². The summed E-state index contributed by atoms with van der Waals surface area (Å²) >= 11 is 17.8. The molecule has 0 radical (unpaired) electrons. The van der Waals surface area contributed by atoms with Crippen LogP contribution in [0, 0.1) is 0 Å². The van der Waals surface area contributed by atoms with Crippen molar-refractivity contribution in [3.05, 3.63) is 27.0 Å². The quantitative estimate of drug-likeness (QED) is 0.784. The summed E-state index contributed by atoms with van der Waals surface area (Å²) in [7, 11) is 0. The van der Waals surface area contributed by atoms with Gasteiger partial charge in [-0.15, -0.1) is 0 Å². The standard InChI is InChI=1S/C12H13Cl3N2O/c1-7-4-2-3-5-17(7)12(18)11-10(15)9(14)8(13)6-16-11/h6-7H,2-5H2,1H3/t7-/m1/s1. The van der Waals surface area contributed by atoms with Crippen molar-refractivity contribution in [2.24, 2.45) is 0 Å². The van der Waals surface area contributed by atoms with E-state index in [9.17, 15) is 4.79 Å². The molecule has 2 rings (SSSR count). The van der Waals surface area contributed by atoms with Crippen LogP contribution in [0.3, 0.4) is 0 Å². The summed E-state index contributed by atoms with van der Waals surface area (Å²) in [4.78, 5) is 18.2. The molecule has 1 aliphatic heterocycles. The molecular formula is C12H13Cl3N2O. The molecule has 3 nitrogen and oxygen atoms in total. The van der Waals surface area contributed by atoms with Gasteiger partial charge in [-0.25, -0.2) is 4.98 Å². The number of carbonyl (C=O) groups excluding carboxylic acids is 1. The predicted molar refractivity (Wildman–Crippen MR) is 73.6 cm³/mol. The third-order valence-electron chi connectivity index (χ3n) is 3.18. The van der Waals surface area contributed by atoms with Gasteiger partial charge in [0.05, 0.1) is 15.1 Å². The Morgan fingerprint density at radius 2 is 2.06 bits per heavy atom. The van der Waals surface area contributed by atoms with Gasteiger partial charge in [0.25, 0.3) is 5.91 Å². The fraction of sp³-hybridized carbons (Fsp3) is 0.500. The molecule has 0 aromatic carbocycles. The summed E-state index contributed by atoms with van der Waals surface area (Å²) in [6.45, 7) is 2.76. The van der Waals surface area contributed by atoms with Gasteiger partial charge in [-0.1, -0.05) is 34.8 Å². The zero-order chi connectivity index (χ0) is 13.3. The normalized spacial score (nSPS) is 20.0. The number of amides is 1. The third-order valence-corrected chi connectivity index (χ3v) is 4.42. The summed E-state index contributed by atoms with van der Waals surface area (Å²) < 4.78 is 0. The summed E-state index contributed by atoms with van der Waals surface area (Å²) in [5.74, 6) is -0.175. The number of aromatic nitrogens is 1. The lowest BCUT2D eigenvalue weighted by molar-refractivity contribution is 0.0630. The van der Waals surface area contributed by atoms with Crippen molar-refractivity contribution in [3.8, 4) is 0 Å². The van der Waals surface area contributed by atoms with Crippen LogP contribution in [0.2, 0.25) is 15.1 Å². The Kier molecular flexibility index (Phi) is 4.36. The van der Waals surface area contributed by atoms with Gasteiger partial charge in [0, 0.05) is 18.8 Å². The van der Waals surface area contributed by atoms with Gasteiger partial charge in [-0.3, -0.25) is 4.79 Å². The van der Waals surface area contributed by atoms with Gasteiger partial charge in [0.15, 0.2) is 0 Å². The minimum Gasteiger partial charge on any atom is -0.335 e. The molecule has 1 atom stereocenters. The Bertz CT molecular complexity index is 479. The fourth-order valence-corrected chi connectivity index (χ4v) is 2.69. The maximum Gasteiger partial charge on any atom is 0.274 e. The first kappa shape index (κ1) is 13.9. The molecule has 1 fully saturated rings. The van der Waals surface area contributed by atoms with E-state index in [1.807, 2.05) is 6.92 Å². The van der Waals surface area contributed by atoms with Gasteiger partial charge in [-0.05, 0) is 26.2 Å². The lowest BCUT2D eigenvalue weighted by Crippen LogP contribution is -2.42. The van der Waals surface area contributed by atoms with E-state index < -0.39 is 0 Å². The Labute approximate surface area is 121 Å². The van der Waals surface area contributed by atoms with Crippen LogP contribution in [0.4, 0.5) is 0 Å². The van der Waals surface area contributed by atoms with E-state index in [0.29, 0.717) is 0 Å². The van der Waals surface area contributed by atoms with Gasteiger partial charge < -0.3 is 4.90 Å². The number of hydrogen-bond acceptors (Lipinski definition) is 2. The Morgan fingerprint density at radius 3 is 2.72 bits per heavy atom. The maximum absolute atomic E-state index is 12.4. The van der Waals surface area contributed by atoms with E-state index in [-0.39, 0.29) is 32.7 Å². The van der Waals surface area contributed by atoms with Crippen LogP contribution in [-0.4, -0.2) is 28.4 Å². The minimum atomic E-state index is -0.175. The van der Waals surface area contributed by atoms with Crippen LogP contribution in [0.5, 0.6) is 0 Å². The van der Waals surface area contributed by atoms with E-state index in [2.05, 4.69) is 4.98 Å². The third kappa shape index (κ3) is 2.58. The van der Waals surface area contributed by atoms with Crippen molar-refractivity contribution in [3.63, 3.8) is 0 Å². The second-order valence-electron chi connectivity index (χ2n) is 4.43. The van der Waals surface area contributed by atoms with Crippen LogP contribution in [0.1, 0.15) is 36.7 Å². The Balaban J connectivity index is 2.31. The highest BCUT2D eigenvalue weighted by atomic mass is 35.5. The zero-order valence-electron chi connectivity index (χ0n) is 9.92. The summed E-state index contributed by atoms with van der Waals surface area (Å²) in [6, 6.07) is 0.207. The molecule has 98 valence electrons. The maximum atomic E-state index is 12.4. The van der Waals surface area contributed by atoms with Gasteiger partial charge >= 0.3 is 0 Å². The Morgan fingerprint density at radius 1 is 1.33 bits per heavy atom. The molecule has 2 heterocycles. The molecule has 0 N–H and O–H groups in total. The molecule has 1 aromatic rings. The Hall–Kier alpha value is -0.510. The summed E-state index contributed by atoms with van der Waals surface area (Å²) in [5.41, 5.74) is 0.180. The number of pyridine rings is 1. The molecule has 1 saturated heterocycles. The van der Waals surface area contributed by atoms with Crippen LogP contribution in [-0.2, 0) is 0 Å². The number of rotatable bonds is 1. The highest BCUT2D eigenvalue weighted by Gasteiger charge is 2.27. The average Bonchev–Trinajstić information content (AvgIpc) is 2.36.